The van der Waals surface area contributed by atoms with Crippen molar-refractivity contribution >= 4 is 23.2 Å². The van der Waals surface area contributed by atoms with E-state index in [2.05, 4.69) is 0 Å². The number of halogens is 1. The smallest absolute Gasteiger partial charge is 0.233 e. The Balaban J connectivity index is 2.56. The van der Waals surface area contributed by atoms with E-state index in [4.69, 9.17) is 21.1 Å². The van der Waals surface area contributed by atoms with E-state index in [0.29, 0.717) is 12.8 Å². The summed E-state index contributed by atoms with van der Waals surface area (Å²) in [4.78, 5) is 25.6. The van der Waals surface area contributed by atoms with Gasteiger partial charge in [-0.25, -0.2) is 0 Å². The molecule has 1 aromatic rings. The second kappa shape index (κ2) is 7.18. The van der Waals surface area contributed by atoms with E-state index in [1.54, 1.807) is 18.2 Å². The van der Waals surface area contributed by atoms with Gasteiger partial charge in [-0.15, -0.1) is 0 Å². The first-order valence-corrected chi connectivity index (χ1v) is 8.23. The molecule has 0 fully saturated rings. The standard InChI is InChI=1S/C18H21ClO4/c1-5-10(3)22-17-15(20)12-8-7-9-13(19)14(12)16(21)18(17)23-11(4)6-2/h7-11H,5-6H2,1-4H3. The Morgan fingerprint density at radius 3 is 2.00 bits per heavy atom. The van der Waals surface area contributed by atoms with Crippen molar-refractivity contribution in [2.75, 3.05) is 0 Å². The summed E-state index contributed by atoms with van der Waals surface area (Å²) in [5.74, 6) is -0.811. The highest BCUT2D eigenvalue weighted by molar-refractivity contribution is 6.38. The molecule has 0 N–H and O–H groups in total. The largest absolute Gasteiger partial charge is 0.483 e. The van der Waals surface area contributed by atoms with Crippen molar-refractivity contribution in [3.05, 3.63) is 45.9 Å². The molecule has 124 valence electrons. The average Bonchev–Trinajstić information content (AvgIpc) is 2.54. The van der Waals surface area contributed by atoms with E-state index < -0.39 is 5.78 Å². The van der Waals surface area contributed by atoms with Crippen molar-refractivity contribution < 1.29 is 19.1 Å². The van der Waals surface area contributed by atoms with Gasteiger partial charge in [-0.2, -0.15) is 0 Å². The summed E-state index contributed by atoms with van der Waals surface area (Å²) < 4.78 is 11.4. The van der Waals surface area contributed by atoms with E-state index in [1.807, 2.05) is 27.7 Å². The Labute approximate surface area is 141 Å². The molecule has 0 heterocycles. The van der Waals surface area contributed by atoms with Crippen LogP contribution in [0.5, 0.6) is 0 Å². The van der Waals surface area contributed by atoms with Crippen LogP contribution in [0.2, 0.25) is 5.02 Å². The van der Waals surface area contributed by atoms with Crippen LogP contribution in [0.15, 0.2) is 29.7 Å². The number of rotatable bonds is 6. The molecule has 2 atom stereocenters. The molecule has 1 aliphatic carbocycles. The number of carbonyl (C=O) groups is 2. The number of hydrogen-bond donors (Lipinski definition) is 0. The summed E-state index contributed by atoms with van der Waals surface area (Å²) in [6.07, 6.45) is 1.01. The molecule has 4 nitrogen and oxygen atoms in total. The van der Waals surface area contributed by atoms with Crippen LogP contribution in [0.25, 0.3) is 0 Å². The van der Waals surface area contributed by atoms with Gasteiger partial charge in [0.25, 0.3) is 0 Å². The van der Waals surface area contributed by atoms with Gasteiger partial charge in [0, 0.05) is 5.56 Å². The molecular formula is C18H21ClO4. The van der Waals surface area contributed by atoms with Crippen molar-refractivity contribution in [1.29, 1.82) is 0 Å². The molecular weight excluding hydrogens is 316 g/mol. The summed E-state index contributed by atoms with van der Waals surface area (Å²) >= 11 is 6.13. The molecule has 0 saturated heterocycles. The van der Waals surface area contributed by atoms with Gasteiger partial charge in [-0.05, 0) is 32.8 Å². The summed E-state index contributed by atoms with van der Waals surface area (Å²) in [6, 6.07) is 4.82. The Hall–Kier alpha value is -1.81. The Kier molecular flexibility index (Phi) is 5.47. The van der Waals surface area contributed by atoms with Crippen molar-refractivity contribution in [2.24, 2.45) is 0 Å². The number of Topliss-reactive ketones (excluding diaryl/α,β-unsaturated/α-hetero) is 2. The normalized spacial score (nSPS) is 16.9. The summed E-state index contributed by atoms with van der Waals surface area (Å²) in [7, 11) is 0. The SMILES string of the molecule is CCC(C)OC1=C(OC(C)CC)C(=O)c2c(Cl)cccc2C1=O. The third-order valence-corrected chi connectivity index (χ3v) is 4.21. The van der Waals surface area contributed by atoms with Gasteiger partial charge in [0.2, 0.25) is 23.1 Å². The molecule has 0 bridgehead atoms. The molecule has 0 saturated carbocycles. The van der Waals surface area contributed by atoms with Gasteiger partial charge in [0.1, 0.15) is 0 Å². The molecule has 23 heavy (non-hydrogen) atoms. The minimum atomic E-state index is -0.399. The number of fused-ring (bicyclic) bond motifs is 1. The molecule has 0 aliphatic heterocycles. The fraction of sp³-hybridized carbons (Fsp3) is 0.444. The maximum atomic E-state index is 12.8. The maximum Gasteiger partial charge on any atom is 0.233 e. The molecule has 2 unspecified atom stereocenters. The first-order valence-electron chi connectivity index (χ1n) is 7.86. The molecule has 1 aliphatic rings. The van der Waals surface area contributed by atoms with Crippen LogP contribution in [0, 0.1) is 0 Å². The molecule has 2 rings (SSSR count). The van der Waals surface area contributed by atoms with Gasteiger partial charge in [0.15, 0.2) is 0 Å². The van der Waals surface area contributed by atoms with E-state index in [-0.39, 0.29) is 45.7 Å². The third kappa shape index (κ3) is 3.42. The van der Waals surface area contributed by atoms with Gasteiger partial charge >= 0.3 is 0 Å². The van der Waals surface area contributed by atoms with E-state index in [0.717, 1.165) is 0 Å². The van der Waals surface area contributed by atoms with Crippen LogP contribution in [-0.4, -0.2) is 23.8 Å². The molecule has 0 amide bonds. The highest BCUT2D eigenvalue weighted by Gasteiger charge is 2.37. The fourth-order valence-corrected chi connectivity index (χ4v) is 2.43. The van der Waals surface area contributed by atoms with Gasteiger partial charge < -0.3 is 9.47 Å². The van der Waals surface area contributed by atoms with Gasteiger partial charge in [-0.1, -0.05) is 37.6 Å². The molecule has 0 spiro atoms. The zero-order chi connectivity index (χ0) is 17.1. The highest BCUT2D eigenvalue weighted by atomic mass is 35.5. The Morgan fingerprint density at radius 2 is 1.48 bits per heavy atom. The first kappa shape index (κ1) is 17.5. The zero-order valence-corrected chi connectivity index (χ0v) is 14.6. The second-order valence-corrected chi connectivity index (χ2v) is 6.06. The van der Waals surface area contributed by atoms with E-state index in [1.165, 1.54) is 0 Å². The van der Waals surface area contributed by atoms with Crippen LogP contribution in [0.3, 0.4) is 0 Å². The lowest BCUT2D eigenvalue weighted by molar-refractivity contribution is 0.0526. The minimum Gasteiger partial charge on any atom is -0.483 e. The number of ketones is 2. The second-order valence-electron chi connectivity index (χ2n) is 5.65. The lowest BCUT2D eigenvalue weighted by atomic mass is 9.92. The van der Waals surface area contributed by atoms with Crippen LogP contribution in [-0.2, 0) is 9.47 Å². The number of carbonyl (C=O) groups excluding carboxylic acids is 2. The zero-order valence-electron chi connectivity index (χ0n) is 13.8. The monoisotopic (exact) mass is 336 g/mol. The maximum absolute atomic E-state index is 12.8. The minimum absolute atomic E-state index is 0.0144. The topological polar surface area (TPSA) is 52.6 Å². The summed E-state index contributed by atoms with van der Waals surface area (Å²) in [5, 5.41) is 0.244. The average molecular weight is 337 g/mol. The van der Waals surface area contributed by atoms with Crippen molar-refractivity contribution in [2.45, 2.75) is 52.7 Å². The predicted octanol–water partition coefficient (Wildman–Crippen LogP) is 4.56. The summed E-state index contributed by atoms with van der Waals surface area (Å²) in [6.45, 7) is 7.57. The number of ether oxygens (including phenoxy) is 2. The van der Waals surface area contributed by atoms with Crippen molar-refractivity contribution in [1.82, 2.24) is 0 Å². The Morgan fingerprint density at radius 1 is 0.957 bits per heavy atom. The molecule has 0 radical (unpaired) electrons. The lowest BCUT2D eigenvalue weighted by Gasteiger charge is -2.25. The molecule has 1 aromatic carbocycles. The van der Waals surface area contributed by atoms with E-state index >= 15 is 0 Å². The quantitative estimate of drug-likeness (QED) is 0.764. The van der Waals surface area contributed by atoms with E-state index in [9.17, 15) is 9.59 Å². The van der Waals surface area contributed by atoms with Crippen LogP contribution in [0.4, 0.5) is 0 Å². The van der Waals surface area contributed by atoms with Gasteiger partial charge in [0.05, 0.1) is 22.8 Å². The number of hydrogen-bond acceptors (Lipinski definition) is 4. The predicted molar refractivity (Wildman–Crippen MR) is 88.8 cm³/mol. The highest BCUT2D eigenvalue weighted by Crippen LogP contribution is 2.33. The number of allylic oxidation sites excluding steroid dienone is 2. The van der Waals surface area contributed by atoms with Gasteiger partial charge in [-0.3, -0.25) is 9.59 Å². The van der Waals surface area contributed by atoms with Crippen LogP contribution >= 0.6 is 11.6 Å². The third-order valence-electron chi connectivity index (χ3n) is 3.89. The number of benzene rings is 1. The fourth-order valence-electron chi connectivity index (χ4n) is 2.17. The van der Waals surface area contributed by atoms with Crippen molar-refractivity contribution in [3.63, 3.8) is 0 Å². The lowest BCUT2D eigenvalue weighted by Crippen LogP contribution is -2.28. The van der Waals surface area contributed by atoms with Crippen LogP contribution < -0.4 is 0 Å². The molecule has 5 heteroatoms. The Bertz CT molecular complexity index is 663. The van der Waals surface area contributed by atoms with Crippen LogP contribution in [0.1, 0.15) is 61.3 Å². The summed E-state index contributed by atoms with van der Waals surface area (Å²) in [5.41, 5.74) is 0.450. The van der Waals surface area contributed by atoms with Crippen molar-refractivity contribution in [3.8, 4) is 0 Å². The molecule has 0 aromatic heterocycles. The first-order chi connectivity index (χ1) is 10.9.